The van der Waals surface area contributed by atoms with Crippen molar-refractivity contribution in [3.63, 3.8) is 0 Å². The van der Waals surface area contributed by atoms with Gasteiger partial charge >= 0.3 is 18.1 Å². The highest BCUT2D eigenvalue weighted by atomic mass is 16.7. The van der Waals surface area contributed by atoms with E-state index in [0.29, 0.717) is 5.56 Å². The number of hydrogen-bond acceptors (Lipinski definition) is 14. The summed E-state index contributed by atoms with van der Waals surface area (Å²) in [5.74, 6) is -5.23. The number of aliphatic hydroxyl groups is 4. The summed E-state index contributed by atoms with van der Waals surface area (Å²) in [6.45, 7) is 7.04. The van der Waals surface area contributed by atoms with Gasteiger partial charge in [0, 0.05) is 29.7 Å². The molecule has 324 valence electrons. The summed E-state index contributed by atoms with van der Waals surface area (Å²) in [6, 6.07) is 22.9. The molecule has 3 aliphatic carbocycles. The van der Waals surface area contributed by atoms with Crippen LogP contribution < -0.4 is 5.32 Å². The molecule has 15 heteroatoms. The second kappa shape index (κ2) is 16.4. The largest absolute Gasteiger partial charge is 0.509 e. The minimum atomic E-state index is -2.37. The first-order valence-electron chi connectivity index (χ1n) is 20.3. The van der Waals surface area contributed by atoms with Gasteiger partial charge in [0.15, 0.2) is 5.78 Å². The molecule has 0 spiro atoms. The SMILES string of the molecule is CCOC(=O)OC(C(=O)OC1CC2(O)C(OC(=O)c3ccccc3)C3C4(O)COC4CC(O)[C@@]3(C)C(=O)C(O)C(=C1C)C2(C)C)C(NC(=O)c1ccccc1)c1ccccc1. The smallest absolute Gasteiger partial charge is 0.455 e. The van der Waals surface area contributed by atoms with E-state index in [1.54, 1.807) is 92.7 Å². The maximum absolute atomic E-state index is 14.9. The first-order chi connectivity index (χ1) is 28.9. The monoisotopic (exact) mass is 841 g/mol. The van der Waals surface area contributed by atoms with E-state index in [1.165, 1.54) is 32.9 Å². The second-order valence-corrected chi connectivity index (χ2v) is 17.0. The highest BCUT2D eigenvalue weighted by molar-refractivity contribution is 5.95. The molecule has 7 rings (SSSR count). The first-order valence-corrected chi connectivity index (χ1v) is 20.3. The Morgan fingerprint density at radius 2 is 1.46 bits per heavy atom. The maximum Gasteiger partial charge on any atom is 0.509 e. The summed E-state index contributed by atoms with van der Waals surface area (Å²) < 4.78 is 28.8. The topological polar surface area (TPSA) is 224 Å². The number of benzene rings is 3. The zero-order valence-corrected chi connectivity index (χ0v) is 34.5. The molecule has 4 aliphatic rings. The minimum absolute atomic E-state index is 0.0736. The van der Waals surface area contributed by atoms with Gasteiger partial charge in [0.05, 0.1) is 36.4 Å². The lowest BCUT2D eigenvalue weighted by Gasteiger charge is -2.66. The van der Waals surface area contributed by atoms with Crippen molar-refractivity contribution in [3.8, 4) is 0 Å². The average molecular weight is 842 g/mol. The number of fused-ring (bicyclic) bond motifs is 5. The van der Waals surface area contributed by atoms with E-state index in [9.17, 15) is 44.4 Å². The molecule has 3 aromatic rings. The van der Waals surface area contributed by atoms with E-state index >= 15 is 0 Å². The minimum Gasteiger partial charge on any atom is -0.455 e. The Morgan fingerprint density at radius 3 is 2.03 bits per heavy atom. The zero-order chi connectivity index (χ0) is 44.1. The molecule has 2 bridgehead atoms. The molecule has 15 nitrogen and oxygen atoms in total. The van der Waals surface area contributed by atoms with Crippen molar-refractivity contribution in [2.75, 3.05) is 13.2 Å². The zero-order valence-electron chi connectivity index (χ0n) is 34.5. The number of rotatable bonds is 10. The number of ether oxygens (including phenoxy) is 5. The summed E-state index contributed by atoms with van der Waals surface area (Å²) in [5, 5.41) is 52.5. The number of amides is 1. The molecule has 61 heavy (non-hydrogen) atoms. The highest BCUT2D eigenvalue weighted by Crippen LogP contribution is 2.63. The van der Waals surface area contributed by atoms with Crippen LogP contribution in [0.2, 0.25) is 0 Å². The average Bonchev–Trinajstić information content (AvgIpc) is 3.24. The normalized spacial score (nSPS) is 32.2. The maximum atomic E-state index is 14.9. The number of aliphatic hydroxyl groups excluding tert-OH is 2. The summed E-state index contributed by atoms with van der Waals surface area (Å²) in [4.78, 5) is 70.3. The van der Waals surface area contributed by atoms with Crippen molar-refractivity contribution < 1.29 is 68.1 Å². The van der Waals surface area contributed by atoms with Gasteiger partial charge in [-0.05, 0) is 61.7 Å². The van der Waals surface area contributed by atoms with Gasteiger partial charge in [-0.3, -0.25) is 9.59 Å². The van der Waals surface area contributed by atoms with Crippen molar-refractivity contribution in [1.29, 1.82) is 0 Å². The first kappa shape index (κ1) is 43.6. The Kier molecular flexibility index (Phi) is 11.8. The van der Waals surface area contributed by atoms with E-state index in [2.05, 4.69) is 5.32 Å². The third-order valence-electron chi connectivity index (χ3n) is 13.4. The molecule has 1 saturated heterocycles. The molecule has 1 aliphatic heterocycles. The Balaban J connectivity index is 1.35. The molecular formula is C46H51NO14. The van der Waals surface area contributed by atoms with Gasteiger partial charge in [0.25, 0.3) is 5.91 Å². The molecule has 1 amide bonds. The highest BCUT2D eigenvalue weighted by Gasteiger charge is 2.76. The number of esters is 2. The van der Waals surface area contributed by atoms with Crippen LogP contribution in [-0.4, -0.2) is 111 Å². The van der Waals surface area contributed by atoms with Crippen LogP contribution in [0.5, 0.6) is 0 Å². The lowest BCUT2D eigenvalue weighted by molar-refractivity contribution is -0.343. The molecule has 3 fully saturated rings. The summed E-state index contributed by atoms with van der Waals surface area (Å²) in [7, 11) is 0. The lowest BCUT2D eigenvalue weighted by Crippen LogP contribution is -2.81. The molecule has 0 radical (unpaired) electrons. The molecule has 5 N–H and O–H groups in total. The van der Waals surface area contributed by atoms with Gasteiger partial charge in [-0.1, -0.05) is 80.6 Å². The Bertz CT molecular complexity index is 2200. The number of ketones is 1. The van der Waals surface area contributed by atoms with E-state index in [1.807, 2.05) is 0 Å². The van der Waals surface area contributed by atoms with Gasteiger partial charge in [-0.15, -0.1) is 0 Å². The van der Waals surface area contributed by atoms with Crippen LogP contribution in [0.3, 0.4) is 0 Å². The quantitative estimate of drug-likeness (QED) is 0.111. The van der Waals surface area contributed by atoms with Gasteiger partial charge in [0.2, 0.25) is 6.10 Å². The second-order valence-electron chi connectivity index (χ2n) is 17.0. The van der Waals surface area contributed by atoms with Gasteiger partial charge in [-0.2, -0.15) is 0 Å². The van der Waals surface area contributed by atoms with Gasteiger partial charge in [0.1, 0.15) is 35.6 Å². The van der Waals surface area contributed by atoms with Crippen LogP contribution in [0.25, 0.3) is 0 Å². The van der Waals surface area contributed by atoms with E-state index in [4.69, 9.17) is 23.7 Å². The van der Waals surface area contributed by atoms with Crippen LogP contribution in [0.15, 0.2) is 102 Å². The van der Waals surface area contributed by atoms with Crippen molar-refractivity contribution in [1.82, 2.24) is 5.32 Å². The third kappa shape index (κ3) is 7.31. The van der Waals surface area contributed by atoms with Crippen LogP contribution >= 0.6 is 0 Å². The van der Waals surface area contributed by atoms with Crippen molar-refractivity contribution in [3.05, 3.63) is 119 Å². The molecular weight excluding hydrogens is 790 g/mol. The standard InChI is InChI=1S/C46H51NO14/c1-6-57-42(54)60-35(33(26-16-10-7-11-17-26)47-39(51)27-18-12-8-13-19-27)41(53)59-29-23-46(56)38(61-40(52)28-20-14-9-15-21-28)36-44(5,30(48)22-31-45(36,55)24-58-31)37(50)34(49)32(25(29)2)43(46,3)4/h7-21,29-31,33-36,38,48-49,55-56H,6,22-24H2,1-5H3,(H,47,51)/t29?,30?,31?,33?,34?,35?,36?,38?,44-,45?,46?/m1/s1. The van der Waals surface area contributed by atoms with Crippen LogP contribution in [0, 0.1) is 16.7 Å². The van der Waals surface area contributed by atoms with Gasteiger partial charge < -0.3 is 49.4 Å². The van der Waals surface area contributed by atoms with Crippen LogP contribution in [0.4, 0.5) is 4.79 Å². The molecule has 1 heterocycles. The van der Waals surface area contributed by atoms with Crippen LogP contribution in [0.1, 0.15) is 79.8 Å². The number of hydrogen-bond donors (Lipinski definition) is 5. The number of carbonyl (C=O) groups is 5. The fourth-order valence-electron chi connectivity index (χ4n) is 9.90. The van der Waals surface area contributed by atoms with E-state index in [-0.39, 0.29) is 41.9 Å². The predicted octanol–water partition coefficient (Wildman–Crippen LogP) is 3.77. The number of nitrogens with one attached hydrogen (secondary N) is 1. The lowest BCUT2D eigenvalue weighted by atomic mass is 9.44. The number of Topliss-reactive ketones (excluding diaryl/α,β-unsaturated/α-hetero) is 1. The van der Waals surface area contributed by atoms with Gasteiger partial charge in [-0.25, -0.2) is 14.4 Å². The predicted molar refractivity (Wildman–Crippen MR) is 214 cm³/mol. The molecule has 10 unspecified atom stereocenters. The Morgan fingerprint density at radius 1 is 0.869 bits per heavy atom. The fourth-order valence-corrected chi connectivity index (χ4v) is 9.90. The van der Waals surface area contributed by atoms with E-state index < -0.39 is 107 Å². The van der Waals surface area contributed by atoms with Crippen molar-refractivity contribution in [2.24, 2.45) is 16.7 Å². The molecule has 2 saturated carbocycles. The summed E-state index contributed by atoms with van der Waals surface area (Å²) in [6.07, 6.45) is -11.8. The number of carbonyl (C=O) groups excluding carboxylic acids is 5. The van der Waals surface area contributed by atoms with Crippen molar-refractivity contribution in [2.45, 2.75) is 101 Å². The Hall–Kier alpha value is -5.45. The van der Waals surface area contributed by atoms with E-state index in [0.717, 1.165) is 0 Å². The fraction of sp³-hybridized carbons (Fsp3) is 0.457. The molecule has 3 aromatic carbocycles. The Labute approximate surface area is 352 Å². The molecule has 11 atom stereocenters. The summed E-state index contributed by atoms with van der Waals surface area (Å²) >= 11 is 0. The van der Waals surface area contributed by atoms with Crippen molar-refractivity contribution >= 4 is 29.8 Å². The third-order valence-corrected chi connectivity index (χ3v) is 13.4. The van der Waals surface area contributed by atoms with Crippen LogP contribution in [-0.2, 0) is 33.3 Å². The molecule has 0 aromatic heterocycles. The summed E-state index contributed by atoms with van der Waals surface area (Å²) in [5.41, 5.74) is -7.22.